The number of nitrogens with zero attached hydrogens (tertiary/aromatic N) is 4. The number of carbonyl (C=O) groups is 3. The maximum Gasteiger partial charge on any atom is 0.459 e. The largest absolute Gasteiger partial charge is 0.468 e. The highest BCUT2D eigenvalue weighted by molar-refractivity contribution is 9.10. The van der Waals surface area contributed by atoms with Crippen LogP contribution in [-0.2, 0) is 32.9 Å². The van der Waals surface area contributed by atoms with Crippen molar-refractivity contribution >= 4 is 57.5 Å². The molecule has 7 atom stereocenters. The molecule has 2 aliphatic heterocycles. The average Bonchev–Trinajstić information content (AvgIpc) is 3.28. The van der Waals surface area contributed by atoms with Gasteiger partial charge in [-0.2, -0.15) is 5.09 Å². The number of nitrogens with one attached hydrogen (secondary N) is 2. The molecule has 2 N–H and O–H groups in total. The molecular weight excluding hydrogens is 671 g/mol. The molecule has 2 fully saturated rings. The van der Waals surface area contributed by atoms with Gasteiger partial charge in [-0.3, -0.25) is 24.3 Å². The lowest BCUT2D eigenvalue weighted by Gasteiger charge is -2.44. The highest BCUT2D eigenvalue weighted by Crippen LogP contribution is 2.46. The first-order valence-electron chi connectivity index (χ1n) is 11.5. The fraction of sp³-hybridized carbons (Fsp3) is 0.571. The van der Waals surface area contributed by atoms with Crippen LogP contribution in [0.4, 0.5) is 4.79 Å². The maximum absolute atomic E-state index is 13.7. The number of hydrogen-bond donors (Lipinski definition) is 2. The summed E-state index contributed by atoms with van der Waals surface area (Å²) in [7, 11) is -1.74. The molecule has 214 valence electrons. The van der Waals surface area contributed by atoms with Crippen LogP contribution < -0.4 is 14.9 Å². The van der Waals surface area contributed by atoms with Gasteiger partial charge in [-0.1, -0.05) is 37.0 Å². The third-order valence-electron chi connectivity index (χ3n) is 5.91. The summed E-state index contributed by atoms with van der Waals surface area (Å²) in [6.07, 6.45) is -3.04. The number of ether oxygens (including phenoxy) is 3. The molecule has 3 amide bonds. The second-order valence-electron chi connectivity index (χ2n) is 8.68. The van der Waals surface area contributed by atoms with E-state index in [1.165, 1.54) is 45.1 Å². The van der Waals surface area contributed by atoms with Crippen LogP contribution in [0.25, 0.3) is 10.4 Å². The van der Waals surface area contributed by atoms with Crippen molar-refractivity contribution in [2.45, 2.75) is 55.2 Å². The molecule has 0 saturated carbocycles. The Hall–Kier alpha value is -2.23. The van der Waals surface area contributed by atoms with E-state index < -0.39 is 67.2 Å². The lowest BCUT2D eigenvalue weighted by Crippen LogP contribution is -2.69. The zero-order valence-electron chi connectivity index (χ0n) is 21.3. The minimum absolute atomic E-state index is 0.0203. The average molecular weight is 698 g/mol. The minimum atomic E-state index is -4.24. The molecule has 0 aromatic heterocycles. The highest BCUT2D eigenvalue weighted by atomic mass is 79.9. The van der Waals surface area contributed by atoms with Gasteiger partial charge in [-0.25, -0.2) is 9.36 Å². The van der Waals surface area contributed by atoms with E-state index in [9.17, 15) is 18.9 Å². The molecule has 2 heterocycles. The maximum atomic E-state index is 13.7. The Kier molecular flexibility index (Phi) is 10.4. The van der Waals surface area contributed by atoms with E-state index in [4.69, 9.17) is 24.1 Å². The van der Waals surface area contributed by atoms with Gasteiger partial charge < -0.3 is 18.7 Å². The number of benzene rings is 1. The quantitative estimate of drug-likeness (QED) is 0.0863. The van der Waals surface area contributed by atoms with Gasteiger partial charge in [0, 0.05) is 22.9 Å². The van der Waals surface area contributed by atoms with Crippen LogP contribution in [-0.4, -0.2) is 78.6 Å². The molecule has 0 spiro atoms. The van der Waals surface area contributed by atoms with E-state index in [-0.39, 0.29) is 12.2 Å². The molecule has 18 heteroatoms. The summed E-state index contributed by atoms with van der Waals surface area (Å²) in [5, 5.41) is 8.49. The molecule has 1 aromatic carbocycles. The Morgan fingerprint density at radius 2 is 2.05 bits per heavy atom. The number of urea groups is 1. The van der Waals surface area contributed by atoms with E-state index in [0.29, 0.717) is 0 Å². The monoisotopic (exact) mass is 696 g/mol. The van der Waals surface area contributed by atoms with Crippen LogP contribution in [0.15, 0.2) is 33.9 Å². The van der Waals surface area contributed by atoms with Crippen molar-refractivity contribution in [3.8, 4) is 5.75 Å². The fourth-order valence-corrected chi connectivity index (χ4v) is 6.24. The highest BCUT2D eigenvalue weighted by Gasteiger charge is 2.54. The Bertz CT molecular complexity index is 1180. The predicted molar refractivity (Wildman–Crippen MR) is 143 cm³/mol. The van der Waals surface area contributed by atoms with Crippen LogP contribution in [0.3, 0.4) is 0 Å². The van der Waals surface area contributed by atoms with E-state index >= 15 is 0 Å². The summed E-state index contributed by atoms with van der Waals surface area (Å²) in [6.45, 7) is 2.52. The zero-order valence-corrected chi connectivity index (χ0v) is 25.3. The number of imide groups is 1. The smallest absolute Gasteiger partial charge is 0.459 e. The lowest BCUT2D eigenvalue weighted by atomic mass is 10.0. The third kappa shape index (κ3) is 7.30. The van der Waals surface area contributed by atoms with Crippen LogP contribution in [0.2, 0.25) is 0 Å². The van der Waals surface area contributed by atoms with Crippen LogP contribution in [0.5, 0.6) is 5.75 Å². The second-order valence-corrected chi connectivity index (χ2v) is 12.9. The third-order valence-corrected chi connectivity index (χ3v) is 8.83. The van der Waals surface area contributed by atoms with Gasteiger partial charge in [-0.15, -0.1) is 0 Å². The first-order chi connectivity index (χ1) is 18.3. The molecule has 3 rings (SSSR count). The van der Waals surface area contributed by atoms with Crippen LogP contribution >= 0.6 is 39.6 Å². The molecule has 0 aliphatic carbocycles. The van der Waals surface area contributed by atoms with Gasteiger partial charge in [0.25, 0.3) is 0 Å². The van der Waals surface area contributed by atoms with E-state index in [1.54, 1.807) is 12.1 Å². The SMILES string of the molecule is COC(=O)C(C)NP(=O)(OC[C@H]1O[C@@H](N2C(=O)NC(=O)C(C)(Br)C2OC)C[C@@H]1N=[N+]=[N-])Oc1ccc(Br)cc1. The number of methoxy groups -OCH3 is 2. The Labute approximate surface area is 240 Å². The molecule has 2 saturated heterocycles. The number of halogens is 2. The Morgan fingerprint density at radius 1 is 1.38 bits per heavy atom. The molecule has 15 nitrogen and oxygen atoms in total. The minimum Gasteiger partial charge on any atom is -0.468 e. The number of azide groups is 1. The predicted octanol–water partition coefficient (Wildman–Crippen LogP) is 3.58. The van der Waals surface area contributed by atoms with Gasteiger partial charge in [-0.05, 0) is 43.6 Å². The van der Waals surface area contributed by atoms with E-state index in [0.717, 1.165) is 4.47 Å². The van der Waals surface area contributed by atoms with Gasteiger partial charge in [0.05, 0.1) is 25.9 Å². The number of alkyl halides is 1. The zero-order chi connectivity index (χ0) is 29.0. The van der Waals surface area contributed by atoms with Crippen molar-refractivity contribution in [3.63, 3.8) is 0 Å². The van der Waals surface area contributed by atoms with Crippen LogP contribution in [0.1, 0.15) is 20.3 Å². The molecule has 0 bridgehead atoms. The summed E-state index contributed by atoms with van der Waals surface area (Å²) in [5.41, 5.74) is 9.11. The topological polar surface area (TPSA) is 190 Å². The molecule has 39 heavy (non-hydrogen) atoms. The van der Waals surface area contributed by atoms with Crippen molar-refractivity contribution < 1.29 is 42.2 Å². The van der Waals surface area contributed by atoms with Crippen molar-refractivity contribution in [2.75, 3.05) is 20.8 Å². The number of amides is 3. The molecule has 2 aliphatic rings. The normalized spacial score (nSPS) is 29.1. The summed E-state index contributed by atoms with van der Waals surface area (Å²) in [5.74, 6) is -1.13. The first kappa shape index (κ1) is 31.3. The molecule has 0 radical (unpaired) electrons. The van der Waals surface area contributed by atoms with Gasteiger partial charge in [0.1, 0.15) is 22.3 Å². The van der Waals surface area contributed by atoms with E-state index in [2.05, 4.69) is 57.0 Å². The van der Waals surface area contributed by atoms with Gasteiger partial charge in [0.2, 0.25) is 5.91 Å². The van der Waals surface area contributed by atoms with E-state index in [1.807, 2.05) is 0 Å². The number of rotatable bonds is 11. The van der Waals surface area contributed by atoms with Crippen molar-refractivity contribution in [3.05, 3.63) is 39.2 Å². The summed E-state index contributed by atoms with van der Waals surface area (Å²) in [6, 6.07) is 3.68. The number of esters is 1. The first-order valence-corrected chi connectivity index (χ1v) is 14.6. The molecule has 4 unspecified atom stereocenters. The summed E-state index contributed by atoms with van der Waals surface area (Å²) >= 11 is 6.60. The number of carbonyl (C=O) groups excluding carboxylic acids is 3. The lowest BCUT2D eigenvalue weighted by molar-refractivity contribution is -0.152. The molecular formula is C21H27Br2N6O9P. The standard InChI is InChI=1S/C21H27Br2N6O9P/c1-11(17(30)34-3)27-39(33,38-13-7-5-12(22)6-8-13)36-10-15-14(26-28-24)9-16(37-15)29-19(35-4)21(2,23)18(31)25-20(29)32/h5-8,11,14-16,19H,9-10H2,1-4H3,(H,27,33)(H,25,31,32)/t11?,14-,15+,16+,19?,21?,39?/m0/s1. The Morgan fingerprint density at radius 3 is 2.64 bits per heavy atom. The van der Waals surface area contributed by atoms with Gasteiger partial charge in [0.15, 0.2) is 6.23 Å². The van der Waals surface area contributed by atoms with Crippen molar-refractivity contribution in [2.24, 2.45) is 5.11 Å². The molecule has 1 aromatic rings. The summed E-state index contributed by atoms with van der Waals surface area (Å²) in [4.78, 5) is 41.1. The van der Waals surface area contributed by atoms with Gasteiger partial charge >= 0.3 is 19.7 Å². The Balaban J connectivity index is 1.82. The van der Waals surface area contributed by atoms with Crippen molar-refractivity contribution in [1.29, 1.82) is 0 Å². The second kappa shape index (κ2) is 13.0. The van der Waals surface area contributed by atoms with Crippen molar-refractivity contribution in [1.82, 2.24) is 15.3 Å². The summed E-state index contributed by atoms with van der Waals surface area (Å²) < 4.78 is 40.5. The van der Waals surface area contributed by atoms with Crippen LogP contribution in [0, 0.1) is 0 Å². The fourth-order valence-electron chi connectivity index (χ4n) is 3.97. The number of hydrogen-bond acceptors (Lipinski definition) is 10.